The number of aliphatic carboxylic acids is 1. The summed E-state index contributed by atoms with van der Waals surface area (Å²) in [6.07, 6.45) is -5.70. The van der Waals surface area contributed by atoms with Crippen LogP contribution >= 0.6 is 0 Å². The lowest BCUT2D eigenvalue weighted by molar-refractivity contribution is -0.174. The average Bonchev–Trinajstić information content (AvgIpc) is 2.87. The van der Waals surface area contributed by atoms with Crippen molar-refractivity contribution < 1.29 is 51.6 Å². The number of carboxylic acids is 1. The third-order valence-electron chi connectivity index (χ3n) is 5.12. The molecule has 9 nitrogen and oxygen atoms in total. The summed E-state index contributed by atoms with van der Waals surface area (Å²) in [6.45, 7) is 0.720. The van der Waals surface area contributed by atoms with Crippen LogP contribution in [-0.4, -0.2) is 81.0 Å². The summed E-state index contributed by atoms with van der Waals surface area (Å²) in [7, 11) is 1.50. The van der Waals surface area contributed by atoms with Crippen molar-refractivity contribution in [1.29, 1.82) is 0 Å². The first kappa shape index (κ1) is 30.7. The number of amides is 1. The molecule has 0 bridgehead atoms. The van der Waals surface area contributed by atoms with Crippen LogP contribution in [0, 0.1) is 0 Å². The Morgan fingerprint density at radius 1 is 0.947 bits per heavy atom. The van der Waals surface area contributed by atoms with Gasteiger partial charge in [0.1, 0.15) is 30.5 Å². The topological polar surface area (TPSA) is 104 Å². The number of halogens is 3. The second-order valence-electron chi connectivity index (χ2n) is 8.03. The molecule has 0 radical (unpaired) electrons. The fourth-order valence-corrected chi connectivity index (χ4v) is 3.28. The van der Waals surface area contributed by atoms with E-state index in [0.717, 1.165) is 5.56 Å². The molecule has 210 valence electrons. The Morgan fingerprint density at radius 2 is 1.58 bits per heavy atom. The fraction of sp³-hybridized carbons (Fsp3) is 0.462. The molecule has 1 N–H and O–H groups in total. The maximum absolute atomic E-state index is 12.7. The van der Waals surface area contributed by atoms with Gasteiger partial charge in [-0.2, -0.15) is 13.2 Å². The number of carbonyl (C=O) groups excluding carboxylic acids is 1. The number of rotatable bonds is 16. The van der Waals surface area contributed by atoms with Gasteiger partial charge in [-0.15, -0.1) is 0 Å². The SMILES string of the molecule is CCOC(Cc1ccc(OCCN(CCCOCC(F)(F)F)C(=O)Oc2ccc(OC)cc2)cc1)C(=O)O. The van der Waals surface area contributed by atoms with Crippen LogP contribution in [0.1, 0.15) is 18.9 Å². The molecular formula is C26H32F3NO8. The number of benzene rings is 2. The van der Waals surface area contributed by atoms with Gasteiger partial charge < -0.3 is 33.7 Å². The van der Waals surface area contributed by atoms with Crippen molar-refractivity contribution in [1.82, 2.24) is 4.90 Å². The Bertz CT molecular complexity index is 983. The number of ether oxygens (including phenoxy) is 5. The highest BCUT2D eigenvalue weighted by Crippen LogP contribution is 2.19. The van der Waals surface area contributed by atoms with E-state index in [4.69, 9.17) is 18.9 Å². The summed E-state index contributed by atoms with van der Waals surface area (Å²) in [6, 6.07) is 13.1. The van der Waals surface area contributed by atoms with Crippen LogP contribution in [0.4, 0.5) is 18.0 Å². The van der Waals surface area contributed by atoms with Gasteiger partial charge in [0.25, 0.3) is 0 Å². The standard InChI is InChI=1S/C26H32F3NO8/c1-3-36-23(24(31)32)17-19-5-7-21(8-6-19)37-16-14-30(13-4-15-35-18-26(27,28)29)25(33)38-22-11-9-20(34-2)10-12-22/h5-12,23H,3-4,13-18H2,1-2H3,(H,31,32). The van der Waals surface area contributed by atoms with Crippen molar-refractivity contribution in [3.8, 4) is 17.2 Å². The van der Waals surface area contributed by atoms with Gasteiger partial charge in [0.15, 0.2) is 6.10 Å². The zero-order valence-electron chi connectivity index (χ0n) is 21.2. The summed E-state index contributed by atoms with van der Waals surface area (Å²) in [5.74, 6) is 0.309. The van der Waals surface area contributed by atoms with Gasteiger partial charge in [0.05, 0.1) is 13.7 Å². The highest BCUT2D eigenvalue weighted by Gasteiger charge is 2.27. The lowest BCUT2D eigenvalue weighted by Gasteiger charge is -2.22. The third kappa shape index (κ3) is 11.7. The van der Waals surface area contributed by atoms with Gasteiger partial charge in [-0.1, -0.05) is 12.1 Å². The van der Waals surface area contributed by atoms with Crippen LogP contribution in [0.25, 0.3) is 0 Å². The van der Waals surface area contributed by atoms with Crippen LogP contribution in [-0.2, 0) is 20.7 Å². The van der Waals surface area contributed by atoms with Crippen LogP contribution < -0.4 is 14.2 Å². The largest absolute Gasteiger partial charge is 0.497 e. The van der Waals surface area contributed by atoms with E-state index in [9.17, 15) is 27.9 Å². The number of hydrogen-bond donors (Lipinski definition) is 1. The number of carboxylic acid groups (broad SMARTS) is 1. The van der Waals surface area contributed by atoms with E-state index in [0.29, 0.717) is 11.5 Å². The minimum atomic E-state index is -4.42. The van der Waals surface area contributed by atoms with E-state index in [1.165, 1.54) is 12.0 Å². The number of hydrogen-bond acceptors (Lipinski definition) is 7. The average molecular weight is 544 g/mol. The molecular weight excluding hydrogens is 511 g/mol. The smallest absolute Gasteiger partial charge is 0.415 e. The van der Waals surface area contributed by atoms with Gasteiger partial charge >= 0.3 is 18.2 Å². The molecule has 0 aromatic heterocycles. The van der Waals surface area contributed by atoms with E-state index in [-0.39, 0.29) is 51.5 Å². The molecule has 1 unspecified atom stereocenters. The van der Waals surface area contributed by atoms with E-state index < -0.39 is 30.9 Å². The van der Waals surface area contributed by atoms with Crippen LogP contribution in [0.2, 0.25) is 0 Å². The monoisotopic (exact) mass is 543 g/mol. The molecule has 0 aliphatic heterocycles. The van der Waals surface area contributed by atoms with Crippen LogP contribution in [0.5, 0.6) is 17.2 Å². The fourth-order valence-electron chi connectivity index (χ4n) is 3.28. The Kier molecular flexibility index (Phi) is 12.7. The Morgan fingerprint density at radius 3 is 2.16 bits per heavy atom. The van der Waals surface area contributed by atoms with Gasteiger partial charge in [0, 0.05) is 26.2 Å². The quantitative estimate of drug-likeness (QED) is 0.307. The number of methoxy groups -OCH3 is 1. The summed E-state index contributed by atoms with van der Waals surface area (Å²) in [4.78, 5) is 25.3. The third-order valence-corrected chi connectivity index (χ3v) is 5.12. The van der Waals surface area contributed by atoms with Gasteiger partial charge in [0.2, 0.25) is 0 Å². The molecule has 1 amide bonds. The molecule has 0 aliphatic carbocycles. The second kappa shape index (κ2) is 15.7. The second-order valence-corrected chi connectivity index (χ2v) is 8.03. The molecule has 0 saturated carbocycles. The van der Waals surface area contributed by atoms with Crippen molar-refractivity contribution >= 4 is 12.1 Å². The molecule has 2 aromatic rings. The van der Waals surface area contributed by atoms with Crippen molar-refractivity contribution in [2.45, 2.75) is 32.0 Å². The Balaban J connectivity index is 1.92. The first-order chi connectivity index (χ1) is 18.1. The molecule has 0 aliphatic rings. The van der Waals surface area contributed by atoms with Crippen molar-refractivity contribution in [2.75, 3.05) is 46.6 Å². The van der Waals surface area contributed by atoms with Gasteiger partial charge in [-0.25, -0.2) is 9.59 Å². The maximum Gasteiger partial charge on any atom is 0.415 e. The summed E-state index contributed by atoms with van der Waals surface area (Å²) >= 11 is 0. The van der Waals surface area contributed by atoms with Crippen LogP contribution in [0.15, 0.2) is 48.5 Å². The predicted octanol–water partition coefficient (Wildman–Crippen LogP) is 4.58. The summed E-state index contributed by atoms with van der Waals surface area (Å²) < 4.78 is 62.8. The first-order valence-corrected chi connectivity index (χ1v) is 11.9. The molecule has 0 saturated heterocycles. The number of alkyl halides is 3. The molecule has 1 atom stereocenters. The maximum atomic E-state index is 12.7. The van der Waals surface area contributed by atoms with Crippen molar-refractivity contribution in [3.63, 3.8) is 0 Å². The van der Waals surface area contributed by atoms with E-state index in [2.05, 4.69) is 4.74 Å². The van der Waals surface area contributed by atoms with Crippen molar-refractivity contribution in [2.24, 2.45) is 0 Å². The minimum absolute atomic E-state index is 0.0805. The molecule has 2 aromatic carbocycles. The lowest BCUT2D eigenvalue weighted by atomic mass is 10.1. The summed E-state index contributed by atoms with van der Waals surface area (Å²) in [5.41, 5.74) is 0.752. The van der Waals surface area contributed by atoms with E-state index in [1.54, 1.807) is 55.5 Å². The zero-order valence-corrected chi connectivity index (χ0v) is 21.2. The molecule has 2 rings (SSSR count). The molecule has 0 fully saturated rings. The van der Waals surface area contributed by atoms with E-state index >= 15 is 0 Å². The molecule has 12 heteroatoms. The van der Waals surface area contributed by atoms with Gasteiger partial charge in [-0.05, 0) is 55.3 Å². The predicted molar refractivity (Wildman–Crippen MR) is 131 cm³/mol. The summed E-state index contributed by atoms with van der Waals surface area (Å²) in [5, 5.41) is 9.22. The highest BCUT2D eigenvalue weighted by molar-refractivity contribution is 5.72. The van der Waals surface area contributed by atoms with E-state index in [1.807, 2.05) is 0 Å². The van der Waals surface area contributed by atoms with Crippen LogP contribution in [0.3, 0.4) is 0 Å². The van der Waals surface area contributed by atoms with Crippen molar-refractivity contribution in [3.05, 3.63) is 54.1 Å². The Labute approximate surface area is 219 Å². The normalized spacial score (nSPS) is 12.0. The molecule has 0 spiro atoms. The lowest BCUT2D eigenvalue weighted by Crippen LogP contribution is -2.38. The molecule has 0 heterocycles. The minimum Gasteiger partial charge on any atom is -0.497 e. The first-order valence-electron chi connectivity index (χ1n) is 11.9. The number of carbonyl (C=O) groups is 2. The number of nitrogens with zero attached hydrogens (tertiary/aromatic N) is 1. The Hall–Kier alpha value is -3.51. The zero-order chi connectivity index (χ0) is 28.0. The van der Waals surface area contributed by atoms with Gasteiger partial charge in [-0.3, -0.25) is 0 Å². The molecule has 38 heavy (non-hydrogen) atoms. The highest BCUT2D eigenvalue weighted by atomic mass is 19.4.